The first kappa shape index (κ1) is 16.6. The van der Waals surface area contributed by atoms with E-state index in [0.29, 0.717) is 12.8 Å². The maximum absolute atomic E-state index is 12.6. The molecule has 1 aliphatic carbocycles. The van der Waals surface area contributed by atoms with Crippen LogP contribution >= 0.6 is 0 Å². The van der Waals surface area contributed by atoms with Crippen molar-refractivity contribution in [2.45, 2.75) is 51.0 Å². The molecule has 0 radical (unpaired) electrons. The normalized spacial score (nSPS) is 16.8. The van der Waals surface area contributed by atoms with Crippen LogP contribution in [0.5, 0.6) is 0 Å². The molecular formula is C19H23NO4. The minimum atomic E-state index is -0.875. The number of ether oxygens (including phenoxy) is 1. The number of fused-ring (bicyclic) bond motifs is 1. The van der Waals surface area contributed by atoms with E-state index in [1.165, 1.54) is 7.11 Å². The number of hydrogen-bond acceptors (Lipinski definition) is 4. The lowest BCUT2D eigenvalue weighted by Gasteiger charge is -2.35. The Morgan fingerprint density at radius 2 is 2.00 bits per heavy atom. The van der Waals surface area contributed by atoms with Crippen molar-refractivity contribution < 1.29 is 18.7 Å². The Morgan fingerprint density at radius 1 is 1.25 bits per heavy atom. The van der Waals surface area contributed by atoms with Gasteiger partial charge in [-0.3, -0.25) is 4.79 Å². The summed E-state index contributed by atoms with van der Waals surface area (Å²) in [6.45, 7) is 2.00. The Labute approximate surface area is 141 Å². The highest BCUT2D eigenvalue weighted by Gasteiger charge is 2.41. The number of hydrogen-bond donors (Lipinski definition) is 1. The van der Waals surface area contributed by atoms with Gasteiger partial charge in [-0.15, -0.1) is 0 Å². The van der Waals surface area contributed by atoms with E-state index in [2.05, 4.69) is 5.32 Å². The van der Waals surface area contributed by atoms with Crippen LogP contribution in [0.3, 0.4) is 0 Å². The molecule has 2 aromatic rings. The summed E-state index contributed by atoms with van der Waals surface area (Å²) in [5.41, 5.74) is 1.84. The lowest BCUT2D eigenvalue weighted by Crippen LogP contribution is -2.56. The molecule has 1 saturated carbocycles. The van der Waals surface area contributed by atoms with E-state index in [4.69, 9.17) is 9.15 Å². The molecule has 3 rings (SSSR count). The third-order valence-electron chi connectivity index (χ3n) is 4.82. The monoisotopic (exact) mass is 329 g/mol. The van der Waals surface area contributed by atoms with Gasteiger partial charge in [-0.05, 0) is 31.4 Å². The molecule has 1 aromatic carbocycles. The molecule has 1 fully saturated rings. The highest BCUT2D eigenvalue weighted by atomic mass is 16.5. The van der Waals surface area contributed by atoms with Gasteiger partial charge in [-0.2, -0.15) is 0 Å². The van der Waals surface area contributed by atoms with Crippen LogP contribution in [0.1, 0.15) is 43.2 Å². The largest absolute Gasteiger partial charge is 0.467 e. The SMILES string of the molecule is COC(=O)C1(NC(=O)Cc2coc3cc(C)ccc23)CCCCC1. The van der Waals surface area contributed by atoms with E-state index in [9.17, 15) is 9.59 Å². The molecule has 1 aromatic heterocycles. The number of carbonyl (C=O) groups is 2. The fourth-order valence-electron chi connectivity index (χ4n) is 3.54. The summed E-state index contributed by atoms with van der Waals surface area (Å²) < 4.78 is 10.5. The smallest absolute Gasteiger partial charge is 0.331 e. The molecule has 0 atom stereocenters. The Kier molecular flexibility index (Phi) is 4.60. The average molecular weight is 329 g/mol. The quantitative estimate of drug-likeness (QED) is 0.874. The molecule has 1 heterocycles. The Hall–Kier alpha value is -2.30. The number of esters is 1. The van der Waals surface area contributed by atoms with Crippen LogP contribution < -0.4 is 5.32 Å². The van der Waals surface area contributed by atoms with Crippen molar-refractivity contribution in [1.29, 1.82) is 0 Å². The predicted molar refractivity (Wildman–Crippen MR) is 90.6 cm³/mol. The zero-order valence-electron chi connectivity index (χ0n) is 14.2. The van der Waals surface area contributed by atoms with Crippen molar-refractivity contribution in [3.05, 3.63) is 35.6 Å². The topological polar surface area (TPSA) is 68.5 Å². The van der Waals surface area contributed by atoms with E-state index in [1.807, 2.05) is 25.1 Å². The van der Waals surface area contributed by atoms with E-state index in [0.717, 1.165) is 41.4 Å². The number of methoxy groups -OCH3 is 1. The van der Waals surface area contributed by atoms with E-state index in [-0.39, 0.29) is 18.3 Å². The van der Waals surface area contributed by atoms with Gasteiger partial charge >= 0.3 is 5.97 Å². The number of rotatable bonds is 4. The zero-order chi connectivity index (χ0) is 17.2. The minimum Gasteiger partial charge on any atom is -0.467 e. The van der Waals surface area contributed by atoms with Crippen molar-refractivity contribution in [1.82, 2.24) is 5.32 Å². The molecule has 0 saturated heterocycles. The van der Waals surface area contributed by atoms with E-state index >= 15 is 0 Å². The van der Waals surface area contributed by atoms with Gasteiger partial charge in [0.05, 0.1) is 19.8 Å². The standard InChI is InChI=1S/C19H23NO4/c1-13-6-7-15-14(12-24-16(15)10-13)11-17(21)20-19(18(22)23-2)8-4-3-5-9-19/h6-7,10,12H,3-5,8-9,11H2,1-2H3,(H,20,21). The minimum absolute atomic E-state index is 0.175. The highest BCUT2D eigenvalue weighted by Crippen LogP contribution is 2.30. The first-order chi connectivity index (χ1) is 11.5. The lowest BCUT2D eigenvalue weighted by molar-refractivity contribution is -0.152. The third kappa shape index (κ3) is 3.16. The van der Waals surface area contributed by atoms with Crippen LogP contribution in [0.25, 0.3) is 11.0 Å². The number of nitrogens with one attached hydrogen (secondary N) is 1. The summed E-state index contributed by atoms with van der Waals surface area (Å²) in [5.74, 6) is -0.520. The van der Waals surface area contributed by atoms with Crippen LogP contribution in [0, 0.1) is 6.92 Å². The molecular weight excluding hydrogens is 306 g/mol. The van der Waals surface area contributed by atoms with Crippen LogP contribution in [-0.2, 0) is 20.7 Å². The van der Waals surface area contributed by atoms with Crippen LogP contribution in [0.15, 0.2) is 28.9 Å². The number of carbonyl (C=O) groups excluding carboxylic acids is 2. The van der Waals surface area contributed by atoms with Crippen LogP contribution in [-0.4, -0.2) is 24.5 Å². The maximum atomic E-state index is 12.6. The number of aryl methyl sites for hydroxylation is 1. The third-order valence-corrected chi connectivity index (χ3v) is 4.82. The average Bonchev–Trinajstić information content (AvgIpc) is 2.96. The van der Waals surface area contributed by atoms with Gasteiger partial charge in [-0.1, -0.05) is 31.4 Å². The molecule has 1 N–H and O–H groups in total. The molecule has 1 amide bonds. The summed E-state index contributed by atoms with van der Waals surface area (Å²) in [6, 6.07) is 5.91. The van der Waals surface area contributed by atoms with Crippen molar-refractivity contribution in [3.8, 4) is 0 Å². The summed E-state index contributed by atoms with van der Waals surface area (Å²) in [4.78, 5) is 24.8. The Morgan fingerprint density at radius 3 is 2.71 bits per heavy atom. The predicted octanol–water partition coefficient (Wildman–Crippen LogP) is 3.28. The van der Waals surface area contributed by atoms with Crippen molar-refractivity contribution >= 4 is 22.8 Å². The number of benzene rings is 1. The second-order valence-electron chi connectivity index (χ2n) is 6.62. The van der Waals surface area contributed by atoms with E-state index in [1.54, 1.807) is 6.26 Å². The number of furan rings is 1. The van der Waals surface area contributed by atoms with Gasteiger partial charge in [0.1, 0.15) is 11.1 Å². The summed E-state index contributed by atoms with van der Waals surface area (Å²) in [5, 5.41) is 3.88. The first-order valence-corrected chi connectivity index (χ1v) is 8.40. The lowest BCUT2D eigenvalue weighted by atomic mass is 9.81. The second kappa shape index (κ2) is 6.67. The van der Waals surface area contributed by atoms with Crippen LogP contribution in [0.2, 0.25) is 0 Å². The summed E-state index contributed by atoms with van der Waals surface area (Å²) in [6.07, 6.45) is 6.00. The molecule has 0 spiro atoms. The van der Waals surface area contributed by atoms with Crippen molar-refractivity contribution in [2.75, 3.05) is 7.11 Å². The summed E-state index contributed by atoms with van der Waals surface area (Å²) in [7, 11) is 1.37. The van der Waals surface area contributed by atoms with Gasteiger partial charge < -0.3 is 14.5 Å². The first-order valence-electron chi connectivity index (χ1n) is 8.40. The molecule has 1 aliphatic rings. The molecule has 0 aliphatic heterocycles. The Bertz CT molecular complexity index is 756. The molecule has 5 nitrogen and oxygen atoms in total. The van der Waals surface area contributed by atoms with Crippen LogP contribution in [0.4, 0.5) is 0 Å². The second-order valence-corrected chi connectivity index (χ2v) is 6.62. The van der Waals surface area contributed by atoms with E-state index < -0.39 is 5.54 Å². The fraction of sp³-hybridized carbons (Fsp3) is 0.474. The Balaban J connectivity index is 1.77. The van der Waals surface area contributed by atoms with Crippen molar-refractivity contribution in [3.63, 3.8) is 0 Å². The zero-order valence-corrected chi connectivity index (χ0v) is 14.2. The molecule has 128 valence electrons. The summed E-state index contributed by atoms with van der Waals surface area (Å²) >= 11 is 0. The van der Waals surface area contributed by atoms with Gasteiger partial charge in [0.2, 0.25) is 5.91 Å². The molecule has 0 unspecified atom stereocenters. The highest BCUT2D eigenvalue weighted by molar-refractivity contribution is 5.92. The van der Waals surface area contributed by atoms with Crippen molar-refractivity contribution in [2.24, 2.45) is 0 Å². The molecule has 5 heteroatoms. The molecule has 24 heavy (non-hydrogen) atoms. The van der Waals surface area contributed by atoms with Gasteiger partial charge in [0.15, 0.2) is 0 Å². The maximum Gasteiger partial charge on any atom is 0.331 e. The van der Waals surface area contributed by atoms with Gasteiger partial charge in [-0.25, -0.2) is 4.79 Å². The van der Waals surface area contributed by atoms with Gasteiger partial charge in [0, 0.05) is 10.9 Å². The fourth-order valence-corrected chi connectivity index (χ4v) is 3.54. The van der Waals surface area contributed by atoms with Gasteiger partial charge in [0.25, 0.3) is 0 Å². The molecule has 0 bridgehead atoms. The number of amides is 1.